The Hall–Kier alpha value is -1.37. The lowest BCUT2D eigenvalue weighted by Gasteiger charge is -2.36. The smallest absolute Gasteiger partial charge is 0.0641 e. The molecule has 1 heterocycles. The van der Waals surface area contributed by atoms with E-state index in [0.29, 0.717) is 12.5 Å². The molecule has 0 spiro atoms. The zero-order valence-electron chi connectivity index (χ0n) is 12.6. The first-order valence-corrected chi connectivity index (χ1v) is 7.62. The molecule has 20 heavy (non-hydrogen) atoms. The number of rotatable bonds is 4. The lowest BCUT2D eigenvalue weighted by atomic mass is 9.99. The van der Waals surface area contributed by atoms with E-state index in [0.717, 1.165) is 26.1 Å². The van der Waals surface area contributed by atoms with E-state index in [1.807, 2.05) is 6.07 Å². The molecule has 0 aliphatic carbocycles. The van der Waals surface area contributed by atoms with Gasteiger partial charge in [-0.3, -0.25) is 4.90 Å². The Balaban J connectivity index is 2.25. The molecule has 2 unspecified atom stereocenters. The molecule has 0 aromatic heterocycles. The van der Waals surface area contributed by atoms with Crippen LogP contribution in [0.25, 0.3) is 0 Å². The molecule has 1 aromatic rings. The Morgan fingerprint density at radius 1 is 1.30 bits per heavy atom. The third kappa shape index (κ3) is 3.59. The topological polar surface area (TPSA) is 30.3 Å². The van der Waals surface area contributed by atoms with E-state index in [1.165, 1.54) is 12.0 Å². The minimum atomic E-state index is 0.234. The first-order valence-electron chi connectivity index (χ1n) is 7.62. The standard InChI is InChI=1S/C17H25N3/c1-3-16-14-19(2)12-7-13-20(16)17(10-11-18)15-8-5-4-6-9-15/h4-6,8-9,16-17H,3,7,10,12-14H2,1-2H3. The summed E-state index contributed by atoms with van der Waals surface area (Å²) in [6.45, 7) is 5.60. The maximum absolute atomic E-state index is 9.22. The SMILES string of the molecule is CCC1CN(C)CCCN1C(CC#N)c1ccccc1. The molecule has 0 radical (unpaired) electrons. The summed E-state index contributed by atoms with van der Waals surface area (Å²) in [5, 5.41) is 9.22. The fourth-order valence-corrected chi connectivity index (χ4v) is 3.22. The molecule has 0 amide bonds. The summed E-state index contributed by atoms with van der Waals surface area (Å²) in [5.41, 5.74) is 1.28. The maximum atomic E-state index is 9.22. The second-order valence-corrected chi connectivity index (χ2v) is 5.70. The summed E-state index contributed by atoms with van der Waals surface area (Å²) in [6.07, 6.45) is 2.89. The summed E-state index contributed by atoms with van der Waals surface area (Å²) in [7, 11) is 2.20. The highest BCUT2D eigenvalue weighted by atomic mass is 15.2. The Morgan fingerprint density at radius 3 is 2.70 bits per heavy atom. The molecule has 1 fully saturated rings. The van der Waals surface area contributed by atoms with Crippen molar-refractivity contribution < 1.29 is 0 Å². The van der Waals surface area contributed by atoms with Crippen LogP contribution in [0.15, 0.2) is 30.3 Å². The molecular weight excluding hydrogens is 246 g/mol. The van der Waals surface area contributed by atoms with Crippen molar-refractivity contribution in [3.8, 4) is 6.07 Å². The van der Waals surface area contributed by atoms with E-state index < -0.39 is 0 Å². The van der Waals surface area contributed by atoms with Crippen LogP contribution in [0.3, 0.4) is 0 Å². The predicted molar refractivity (Wildman–Crippen MR) is 82.3 cm³/mol. The molecule has 108 valence electrons. The third-order valence-corrected chi connectivity index (χ3v) is 4.29. The van der Waals surface area contributed by atoms with Crippen LogP contribution in [0.5, 0.6) is 0 Å². The second-order valence-electron chi connectivity index (χ2n) is 5.70. The molecule has 0 bridgehead atoms. The van der Waals surface area contributed by atoms with Crippen molar-refractivity contribution in [1.29, 1.82) is 5.26 Å². The predicted octanol–water partition coefficient (Wildman–Crippen LogP) is 3.06. The lowest BCUT2D eigenvalue weighted by molar-refractivity contribution is 0.129. The highest BCUT2D eigenvalue weighted by molar-refractivity contribution is 5.20. The molecule has 2 atom stereocenters. The summed E-state index contributed by atoms with van der Waals surface area (Å²) in [4.78, 5) is 4.98. The molecule has 0 saturated carbocycles. The first kappa shape index (κ1) is 15.0. The van der Waals surface area contributed by atoms with Crippen LogP contribution in [-0.2, 0) is 0 Å². The summed E-state index contributed by atoms with van der Waals surface area (Å²) in [6, 6.07) is 13.7. The zero-order valence-corrected chi connectivity index (χ0v) is 12.6. The van der Waals surface area contributed by atoms with Gasteiger partial charge < -0.3 is 4.90 Å². The summed E-state index contributed by atoms with van der Waals surface area (Å²) < 4.78 is 0. The van der Waals surface area contributed by atoms with Crippen molar-refractivity contribution in [3.05, 3.63) is 35.9 Å². The average molecular weight is 271 g/mol. The van der Waals surface area contributed by atoms with E-state index in [2.05, 4.69) is 54.1 Å². The maximum Gasteiger partial charge on any atom is 0.0641 e. The number of hydrogen-bond donors (Lipinski definition) is 0. The monoisotopic (exact) mass is 271 g/mol. The van der Waals surface area contributed by atoms with Crippen molar-refractivity contribution in [2.24, 2.45) is 0 Å². The van der Waals surface area contributed by atoms with Crippen molar-refractivity contribution in [3.63, 3.8) is 0 Å². The fourth-order valence-electron chi connectivity index (χ4n) is 3.22. The van der Waals surface area contributed by atoms with Crippen molar-refractivity contribution >= 4 is 0 Å². The Morgan fingerprint density at radius 2 is 2.05 bits per heavy atom. The molecule has 1 aliphatic rings. The van der Waals surface area contributed by atoms with E-state index >= 15 is 0 Å². The molecule has 0 N–H and O–H groups in total. The fraction of sp³-hybridized carbons (Fsp3) is 0.588. The number of nitrogens with zero attached hydrogens (tertiary/aromatic N) is 3. The second kappa shape index (κ2) is 7.42. The van der Waals surface area contributed by atoms with Gasteiger partial charge in [-0.15, -0.1) is 0 Å². The quantitative estimate of drug-likeness (QED) is 0.843. The van der Waals surface area contributed by atoms with E-state index in [4.69, 9.17) is 0 Å². The van der Waals surface area contributed by atoms with Gasteiger partial charge in [-0.25, -0.2) is 0 Å². The highest BCUT2D eigenvalue weighted by Crippen LogP contribution is 2.28. The molecule has 1 aromatic carbocycles. The molecule has 1 saturated heterocycles. The van der Waals surface area contributed by atoms with E-state index in [-0.39, 0.29) is 6.04 Å². The van der Waals surface area contributed by atoms with Gasteiger partial charge in [0.05, 0.1) is 12.5 Å². The first-order chi connectivity index (χ1) is 9.76. The molecule has 3 heteroatoms. The Labute approximate surface area is 122 Å². The van der Waals surface area contributed by atoms with E-state index in [1.54, 1.807) is 0 Å². The average Bonchev–Trinajstić information content (AvgIpc) is 2.67. The van der Waals surface area contributed by atoms with Crippen LogP contribution in [0.4, 0.5) is 0 Å². The number of likely N-dealkylation sites (N-methyl/N-ethyl adjacent to an activating group) is 1. The summed E-state index contributed by atoms with van der Waals surface area (Å²) in [5.74, 6) is 0. The van der Waals surface area contributed by atoms with Gasteiger partial charge in [0.2, 0.25) is 0 Å². The van der Waals surface area contributed by atoms with Gasteiger partial charge in [0, 0.05) is 25.2 Å². The molecule has 1 aliphatic heterocycles. The highest BCUT2D eigenvalue weighted by Gasteiger charge is 2.28. The number of nitriles is 1. The normalized spacial score (nSPS) is 22.9. The van der Waals surface area contributed by atoms with Crippen LogP contribution in [-0.4, -0.2) is 42.5 Å². The van der Waals surface area contributed by atoms with Crippen LogP contribution in [0.2, 0.25) is 0 Å². The third-order valence-electron chi connectivity index (χ3n) is 4.29. The van der Waals surface area contributed by atoms with Gasteiger partial charge in [0.25, 0.3) is 0 Å². The lowest BCUT2D eigenvalue weighted by Crippen LogP contribution is -2.42. The molecule has 2 rings (SSSR count). The van der Waals surface area contributed by atoms with Gasteiger partial charge in [-0.2, -0.15) is 5.26 Å². The van der Waals surface area contributed by atoms with Crippen molar-refractivity contribution in [2.45, 2.75) is 38.3 Å². The van der Waals surface area contributed by atoms with Crippen LogP contribution >= 0.6 is 0 Å². The molecular formula is C17H25N3. The van der Waals surface area contributed by atoms with Crippen LogP contribution in [0.1, 0.15) is 37.8 Å². The van der Waals surface area contributed by atoms with Crippen molar-refractivity contribution in [1.82, 2.24) is 9.80 Å². The zero-order chi connectivity index (χ0) is 14.4. The van der Waals surface area contributed by atoms with Gasteiger partial charge in [-0.05, 0) is 32.0 Å². The summed E-state index contributed by atoms with van der Waals surface area (Å²) >= 11 is 0. The van der Waals surface area contributed by atoms with Gasteiger partial charge >= 0.3 is 0 Å². The number of benzene rings is 1. The van der Waals surface area contributed by atoms with Gasteiger partial charge in [0.1, 0.15) is 0 Å². The number of hydrogen-bond acceptors (Lipinski definition) is 3. The van der Waals surface area contributed by atoms with Gasteiger partial charge in [0.15, 0.2) is 0 Å². The van der Waals surface area contributed by atoms with E-state index in [9.17, 15) is 5.26 Å². The Bertz CT molecular complexity index is 437. The minimum absolute atomic E-state index is 0.234. The largest absolute Gasteiger partial charge is 0.305 e. The van der Waals surface area contributed by atoms with Gasteiger partial charge in [-0.1, -0.05) is 37.3 Å². The van der Waals surface area contributed by atoms with Crippen LogP contribution < -0.4 is 0 Å². The minimum Gasteiger partial charge on any atom is -0.305 e. The van der Waals surface area contributed by atoms with Crippen LogP contribution in [0, 0.1) is 11.3 Å². The van der Waals surface area contributed by atoms with Crippen molar-refractivity contribution in [2.75, 3.05) is 26.7 Å². The Kier molecular flexibility index (Phi) is 5.58. The molecule has 3 nitrogen and oxygen atoms in total.